The van der Waals surface area contributed by atoms with Crippen molar-refractivity contribution in [2.45, 2.75) is 38.2 Å². The molecule has 2 aromatic rings. The van der Waals surface area contributed by atoms with Crippen LogP contribution in [0.1, 0.15) is 42.6 Å². The minimum atomic E-state index is -0.748. The Morgan fingerprint density at radius 1 is 1.42 bits per heavy atom. The molecule has 0 saturated heterocycles. The Balaban J connectivity index is 1.88. The molecule has 9 nitrogen and oxygen atoms in total. The fraction of sp³-hybridized carbons (Fsp3) is 0.467. The van der Waals surface area contributed by atoms with Gasteiger partial charge >= 0.3 is 0 Å². The molecular formula is C15H18N4O5. The van der Waals surface area contributed by atoms with Gasteiger partial charge in [-0.2, -0.15) is 4.98 Å². The first-order valence-electron chi connectivity index (χ1n) is 7.73. The smallest absolute Gasteiger partial charge is 0.300 e. The molecule has 9 heteroatoms. The van der Waals surface area contributed by atoms with E-state index in [-0.39, 0.29) is 17.8 Å². The highest BCUT2D eigenvalue weighted by atomic mass is 16.5. The van der Waals surface area contributed by atoms with Crippen LogP contribution < -0.4 is 15.6 Å². The number of aromatic nitrogens is 3. The van der Waals surface area contributed by atoms with E-state index in [1.165, 1.54) is 19.5 Å². The number of aromatic hydroxyl groups is 1. The van der Waals surface area contributed by atoms with Gasteiger partial charge in [-0.05, 0) is 25.7 Å². The second kappa shape index (κ2) is 6.73. The average molecular weight is 334 g/mol. The molecule has 1 amide bonds. The number of nitrogens with zero attached hydrogens (tertiary/aromatic N) is 3. The number of nitrogens with one attached hydrogen (secondary N) is 1. The summed E-state index contributed by atoms with van der Waals surface area (Å²) in [5, 5.41) is 15.8. The predicted molar refractivity (Wildman–Crippen MR) is 83.1 cm³/mol. The highest BCUT2D eigenvalue weighted by Gasteiger charge is 2.23. The van der Waals surface area contributed by atoms with E-state index < -0.39 is 22.9 Å². The molecule has 24 heavy (non-hydrogen) atoms. The number of ether oxygens (including phenoxy) is 1. The van der Waals surface area contributed by atoms with Gasteiger partial charge in [-0.15, -0.1) is 0 Å². The maximum Gasteiger partial charge on any atom is 0.300 e. The summed E-state index contributed by atoms with van der Waals surface area (Å²) < 4.78 is 11.5. The monoisotopic (exact) mass is 334 g/mol. The van der Waals surface area contributed by atoms with E-state index in [0.29, 0.717) is 0 Å². The molecule has 0 atom stereocenters. The number of carbonyl (C=O) groups is 1. The van der Waals surface area contributed by atoms with Crippen LogP contribution in [0.3, 0.4) is 0 Å². The molecule has 128 valence electrons. The van der Waals surface area contributed by atoms with E-state index in [9.17, 15) is 14.7 Å². The molecule has 1 saturated carbocycles. The van der Waals surface area contributed by atoms with Gasteiger partial charge in [-0.25, -0.2) is 0 Å². The summed E-state index contributed by atoms with van der Waals surface area (Å²) >= 11 is 0. The summed E-state index contributed by atoms with van der Waals surface area (Å²) in [5.41, 5.74) is -0.854. The molecule has 0 bridgehead atoms. The molecule has 1 fully saturated rings. The van der Waals surface area contributed by atoms with Crippen molar-refractivity contribution in [3.8, 4) is 11.8 Å². The Hall–Kier alpha value is -2.84. The third-order valence-electron chi connectivity index (χ3n) is 3.96. The largest absolute Gasteiger partial charge is 0.501 e. The van der Waals surface area contributed by atoms with E-state index in [1.807, 2.05) is 0 Å². The van der Waals surface area contributed by atoms with Crippen LogP contribution in [0.5, 0.6) is 11.8 Å². The second-order valence-electron chi connectivity index (χ2n) is 5.70. The third-order valence-corrected chi connectivity index (χ3v) is 3.96. The van der Waals surface area contributed by atoms with Crippen LogP contribution in [0.25, 0.3) is 0 Å². The van der Waals surface area contributed by atoms with Crippen molar-refractivity contribution >= 4 is 11.6 Å². The lowest BCUT2D eigenvalue weighted by Gasteiger charge is -2.23. The van der Waals surface area contributed by atoms with E-state index in [0.717, 1.165) is 36.7 Å². The van der Waals surface area contributed by atoms with Gasteiger partial charge < -0.3 is 19.7 Å². The molecule has 1 aliphatic rings. The molecule has 1 aliphatic carbocycles. The standard InChI is InChI=1S/C15H18N4O5/c1-19-14(22)12(20)11(13(21)17-9-7-16-23-8-9)18-15(19)24-10-5-3-2-4-6-10/h7-8,10,20H,2-6H2,1H3,(H,17,21). The molecule has 3 rings (SSSR count). The van der Waals surface area contributed by atoms with Crippen LogP contribution in [-0.4, -0.2) is 31.8 Å². The average Bonchev–Trinajstić information content (AvgIpc) is 3.09. The summed E-state index contributed by atoms with van der Waals surface area (Å²) in [6, 6.07) is 0.0140. The molecule has 0 spiro atoms. The van der Waals surface area contributed by atoms with Gasteiger partial charge in [0.15, 0.2) is 5.69 Å². The first-order valence-corrected chi connectivity index (χ1v) is 7.73. The van der Waals surface area contributed by atoms with Gasteiger partial charge in [-0.1, -0.05) is 11.6 Å². The lowest BCUT2D eigenvalue weighted by Crippen LogP contribution is -2.29. The van der Waals surface area contributed by atoms with Crippen LogP contribution in [-0.2, 0) is 7.05 Å². The van der Waals surface area contributed by atoms with Crippen molar-refractivity contribution in [3.05, 3.63) is 28.5 Å². The maximum atomic E-state index is 12.2. The van der Waals surface area contributed by atoms with Crippen molar-refractivity contribution in [2.24, 2.45) is 7.05 Å². The van der Waals surface area contributed by atoms with E-state index in [4.69, 9.17) is 4.74 Å². The lowest BCUT2D eigenvalue weighted by atomic mass is 9.98. The number of rotatable bonds is 4. The minimum Gasteiger partial charge on any atom is -0.501 e. The van der Waals surface area contributed by atoms with Crippen molar-refractivity contribution < 1.29 is 19.2 Å². The normalized spacial score (nSPS) is 15.2. The van der Waals surface area contributed by atoms with Crippen LogP contribution in [0.4, 0.5) is 5.69 Å². The Morgan fingerprint density at radius 2 is 2.17 bits per heavy atom. The molecule has 2 aromatic heterocycles. The Morgan fingerprint density at radius 3 is 2.83 bits per heavy atom. The van der Waals surface area contributed by atoms with Crippen molar-refractivity contribution in [1.29, 1.82) is 0 Å². The van der Waals surface area contributed by atoms with Gasteiger partial charge in [0.25, 0.3) is 17.5 Å². The first-order chi connectivity index (χ1) is 11.6. The summed E-state index contributed by atoms with van der Waals surface area (Å²) in [6.45, 7) is 0. The summed E-state index contributed by atoms with van der Waals surface area (Å²) in [6.07, 6.45) is 7.47. The fourth-order valence-electron chi connectivity index (χ4n) is 2.62. The zero-order chi connectivity index (χ0) is 17.1. The SMILES string of the molecule is Cn1c(OC2CCCCC2)nc(C(=O)Nc2cnoc2)c(O)c1=O. The van der Waals surface area contributed by atoms with Gasteiger partial charge in [0.05, 0.1) is 6.20 Å². The van der Waals surface area contributed by atoms with Gasteiger partial charge in [0.1, 0.15) is 18.1 Å². The highest BCUT2D eigenvalue weighted by Crippen LogP contribution is 2.23. The van der Waals surface area contributed by atoms with Gasteiger partial charge in [0.2, 0.25) is 5.75 Å². The number of hydrogen-bond donors (Lipinski definition) is 2. The molecule has 0 aliphatic heterocycles. The third kappa shape index (κ3) is 3.24. The molecule has 2 heterocycles. The molecule has 0 radical (unpaired) electrons. The molecule has 0 aromatic carbocycles. The highest BCUT2D eigenvalue weighted by molar-refractivity contribution is 6.04. The predicted octanol–water partition coefficient (Wildman–Crippen LogP) is 1.44. The Bertz CT molecular complexity index is 778. The summed E-state index contributed by atoms with van der Waals surface area (Å²) in [5.74, 6) is -1.48. The quantitative estimate of drug-likeness (QED) is 0.868. The van der Waals surface area contributed by atoms with Crippen LogP contribution >= 0.6 is 0 Å². The van der Waals surface area contributed by atoms with Crippen molar-refractivity contribution in [1.82, 2.24) is 14.7 Å². The van der Waals surface area contributed by atoms with E-state index >= 15 is 0 Å². The Kier molecular flexibility index (Phi) is 4.50. The van der Waals surface area contributed by atoms with Crippen LogP contribution in [0.2, 0.25) is 0 Å². The van der Waals surface area contributed by atoms with E-state index in [2.05, 4.69) is 20.0 Å². The van der Waals surface area contributed by atoms with Gasteiger partial charge in [-0.3, -0.25) is 14.2 Å². The van der Waals surface area contributed by atoms with E-state index in [1.54, 1.807) is 0 Å². The second-order valence-corrected chi connectivity index (χ2v) is 5.70. The first kappa shape index (κ1) is 16.0. The summed E-state index contributed by atoms with van der Waals surface area (Å²) in [4.78, 5) is 28.4. The molecular weight excluding hydrogens is 316 g/mol. The number of anilines is 1. The molecule has 2 N–H and O–H groups in total. The maximum absolute atomic E-state index is 12.2. The van der Waals surface area contributed by atoms with Crippen LogP contribution in [0.15, 0.2) is 21.8 Å². The van der Waals surface area contributed by atoms with Crippen molar-refractivity contribution in [3.63, 3.8) is 0 Å². The lowest BCUT2D eigenvalue weighted by molar-refractivity contribution is 0.101. The molecule has 0 unspecified atom stereocenters. The minimum absolute atomic E-state index is 0.0140. The zero-order valence-corrected chi connectivity index (χ0v) is 13.2. The number of hydrogen-bond acceptors (Lipinski definition) is 7. The van der Waals surface area contributed by atoms with Crippen LogP contribution in [0, 0.1) is 0 Å². The summed E-state index contributed by atoms with van der Waals surface area (Å²) in [7, 11) is 1.44. The number of carbonyl (C=O) groups excluding carboxylic acids is 1. The fourth-order valence-corrected chi connectivity index (χ4v) is 2.62. The number of amides is 1. The topological polar surface area (TPSA) is 119 Å². The van der Waals surface area contributed by atoms with Gasteiger partial charge in [0, 0.05) is 7.05 Å². The Labute approximate surface area is 137 Å². The zero-order valence-electron chi connectivity index (χ0n) is 13.2. The van der Waals surface area contributed by atoms with Crippen molar-refractivity contribution in [2.75, 3.05) is 5.32 Å².